The predicted octanol–water partition coefficient (Wildman–Crippen LogP) is 2.99. The summed E-state index contributed by atoms with van der Waals surface area (Å²) in [4.78, 5) is 0. The van der Waals surface area contributed by atoms with E-state index in [0.29, 0.717) is 18.1 Å². The summed E-state index contributed by atoms with van der Waals surface area (Å²) in [5, 5.41) is 0. The molecule has 0 amide bonds. The molecule has 0 spiro atoms. The normalized spacial score (nSPS) is 16.4. The monoisotopic (exact) mass is 241 g/mol. The zero-order chi connectivity index (χ0) is 12.3. The number of rotatable bonds is 4. The minimum absolute atomic E-state index is 0.122. The molecule has 1 saturated carbocycles. The second kappa shape index (κ2) is 5.45. The summed E-state index contributed by atoms with van der Waals surface area (Å²) in [6, 6.07) is 2.46. The molecule has 0 radical (unpaired) electrons. The van der Waals surface area contributed by atoms with Gasteiger partial charge in [0.15, 0.2) is 17.4 Å². The fourth-order valence-electron chi connectivity index (χ4n) is 2.25. The van der Waals surface area contributed by atoms with Crippen molar-refractivity contribution in [2.24, 2.45) is 11.7 Å². The lowest BCUT2D eigenvalue weighted by atomic mass is 10.1. The van der Waals surface area contributed by atoms with Crippen LogP contribution >= 0.6 is 0 Å². The third kappa shape index (κ3) is 2.94. The molecule has 1 fully saturated rings. The molecule has 17 heavy (non-hydrogen) atoms. The van der Waals surface area contributed by atoms with E-state index in [0.717, 1.165) is 12.8 Å². The van der Waals surface area contributed by atoms with Crippen LogP contribution in [0.2, 0.25) is 0 Å². The summed E-state index contributed by atoms with van der Waals surface area (Å²) in [6.45, 7) is 0.520. The van der Waals surface area contributed by atoms with E-state index in [1.807, 2.05) is 0 Å². The first-order valence-corrected chi connectivity index (χ1v) is 6.01. The minimum Gasteiger partial charge on any atom is -0.487 e. The standard InChI is InChI=1S/C13H17F2NO/c14-11-5-10(7-16)6-12(15)13(11)17-8-9-3-1-2-4-9/h5-6,9H,1-4,7-8,16H2. The fraction of sp³-hybridized carbons (Fsp3) is 0.538. The Morgan fingerprint density at radius 2 is 1.76 bits per heavy atom. The average Bonchev–Trinajstić information content (AvgIpc) is 2.80. The van der Waals surface area contributed by atoms with E-state index in [4.69, 9.17) is 10.5 Å². The third-order valence-corrected chi connectivity index (χ3v) is 3.23. The number of benzene rings is 1. The Kier molecular flexibility index (Phi) is 3.94. The molecule has 94 valence electrons. The highest BCUT2D eigenvalue weighted by Crippen LogP contribution is 2.28. The van der Waals surface area contributed by atoms with Crippen molar-refractivity contribution in [1.29, 1.82) is 0 Å². The summed E-state index contributed by atoms with van der Waals surface area (Å²) >= 11 is 0. The molecule has 0 aliphatic heterocycles. The quantitative estimate of drug-likeness (QED) is 0.879. The lowest BCUT2D eigenvalue weighted by Crippen LogP contribution is -2.10. The minimum atomic E-state index is -0.663. The summed E-state index contributed by atoms with van der Waals surface area (Å²) in [7, 11) is 0. The number of hydrogen-bond acceptors (Lipinski definition) is 2. The van der Waals surface area contributed by atoms with Crippen molar-refractivity contribution in [2.45, 2.75) is 32.2 Å². The Morgan fingerprint density at radius 1 is 1.18 bits per heavy atom. The smallest absolute Gasteiger partial charge is 0.190 e. The topological polar surface area (TPSA) is 35.2 Å². The molecule has 2 N–H and O–H groups in total. The van der Waals surface area contributed by atoms with E-state index in [2.05, 4.69) is 0 Å². The van der Waals surface area contributed by atoms with E-state index < -0.39 is 11.6 Å². The van der Waals surface area contributed by atoms with Gasteiger partial charge in [0.2, 0.25) is 0 Å². The van der Waals surface area contributed by atoms with Crippen LogP contribution in [0.25, 0.3) is 0 Å². The summed E-state index contributed by atoms with van der Waals surface area (Å²) in [5.74, 6) is -1.16. The Morgan fingerprint density at radius 3 is 2.29 bits per heavy atom. The molecule has 0 aromatic heterocycles. The van der Waals surface area contributed by atoms with Gasteiger partial charge in [-0.25, -0.2) is 8.78 Å². The van der Waals surface area contributed by atoms with Crippen molar-refractivity contribution in [3.8, 4) is 5.75 Å². The number of nitrogens with two attached hydrogens (primary N) is 1. The molecule has 2 nitrogen and oxygen atoms in total. The highest BCUT2D eigenvalue weighted by molar-refractivity contribution is 5.31. The molecule has 0 unspecified atom stereocenters. The number of hydrogen-bond donors (Lipinski definition) is 1. The van der Waals surface area contributed by atoms with Gasteiger partial charge in [-0.2, -0.15) is 0 Å². The third-order valence-electron chi connectivity index (χ3n) is 3.23. The first-order valence-electron chi connectivity index (χ1n) is 6.01. The Balaban J connectivity index is 2.04. The van der Waals surface area contributed by atoms with Crippen molar-refractivity contribution >= 4 is 0 Å². The Bertz CT molecular complexity index is 366. The van der Waals surface area contributed by atoms with Gasteiger partial charge >= 0.3 is 0 Å². The zero-order valence-electron chi connectivity index (χ0n) is 9.72. The molecule has 1 aromatic carbocycles. The molecule has 1 aliphatic rings. The largest absolute Gasteiger partial charge is 0.487 e. The molecule has 0 heterocycles. The predicted molar refractivity (Wildman–Crippen MR) is 61.7 cm³/mol. The zero-order valence-corrected chi connectivity index (χ0v) is 9.72. The van der Waals surface area contributed by atoms with E-state index in [1.165, 1.54) is 25.0 Å². The molecule has 0 atom stereocenters. The van der Waals surface area contributed by atoms with E-state index >= 15 is 0 Å². The van der Waals surface area contributed by atoms with Gasteiger partial charge in [-0.05, 0) is 36.5 Å². The van der Waals surface area contributed by atoms with Gasteiger partial charge in [0.1, 0.15) is 0 Å². The molecular formula is C13H17F2NO. The first-order chi connectivity index (χ1) is 8.20. The summed E-state index contributed by atoms with van der Waals surface area (Å²) in [6.07, 6.45) is 4.55. The van der Waals surface area contributed by atoms with Gasteiger partial charge in [0, 0.05) is 6.54 Å². The van der Waals surface area contributed by atoms with Crippen molar-refractivity contribution in [3.05, 3.63) is 29.3 Å². The second-order valence-electron chi connectivity index (χ2n) is 4.55. The molecular weight excluding hydrogens is 224 g/mol. The van der Waals surface area contributed by atoms with Gasteiger partial charge < -0.3 is 10.5 Å². The van der Waals surface area contributed by atoms with Gasteiger partial charge in [0.25, 0.3) is 0 Å². The lowest BCUT2D eigenvalue weighted by molar-refractivity contribution is 0.231. The summed E-state index contributed by atoms with van der Waals surface area (Å²) < 4.78 is 32.4. The molecule has 2 rings (SSSR count). The maximum absolute atomic E-state index is 13.6. The van der Waals surface area contributed by atoms with Gasteiger partial charge in [-0.1, -0.05) is 12.8 Å². The van der Waals surface area contributed by atoms with E-state index in [1.54, 1.807) is 0 Å². The highest BCUT2D eigenvalue weighted by Gasteiger charge is 2.18. The number of halogens is 2. The Labute approximate surface area is 99.8 Å². The molecule has 4 heteroatoms. The summed E-state index contributed by atoms with van der Waals surface area (Å²) in [5.41, 5.74) is 5.78. The Hall–Kier alpha value is -1.16. The second-order valence-corrected chi connectivity index (χ2v) is 4.55. The number of ether oxygens (including phenoxy) is 1. The first kappa shape index (κ1) is 12.3. The molecule has 0 saturated heterocycles. The van der Waals surface area contributed by atoms with Crippen molar-refractivity contribution in [1.82, 2.24) is 0 Å². The van der Waals surface area contributed by atoms with Crippen LogP contribution in [0, 0.1) is 17.6 Å². The van der Waals surface area contributed by atoms with Crippen LogP contribution < -0.4 is 10.5 Å². The lowest BCUT2D eigenvalue weighted by Gasteiger charge is -2.13. The van der Waals surface area contributed by atoms with Crippen LogP contribution in [0.1, 0.15) is 31.2 Å². The maximum Gasteiger partial charge on any atom is 0.190 e. The van der Waals surface area contributed by atoms with Crippen LogP contribution in [-0.2, 0) is 6.54 Å². The molecule has 1 aromatic rings. The van der Waals surface area contributed by atoms with Gasteiger partial charge in [-0.3, -0.25) is 0 Å². The van der Waals surface area contributed by atoms with E-state index in [9.17, 15) is 8.78 Å². The van der Waals surface area contributed by atoms with Crippen LogP contribution in [0.3, 0.4) is 0 Å². The van der Waals surface area contributed by atoms with Crippen LogP contribution in [-0.4, -0.2) is 6.61 Å². The van der Waals surface area contributed by atoms with Crippen LogP contribution in [0.15, 0.2) is 12.1 Å². The van der Waals surface area contributed by atoms with Crippen molar-refractivity contribution < 1.29 is 13.5 Å². The molecule has 1 aliphatic carbocycles. The SMILES string of the molecule is NCc1cc(F)c(OCC2CCCC2)c(F)c1. The van der Waals surface area contributed by atoms with Gasteiger partial charge in [0.05, 0.1) is 6.61 Å². The highest BCUT2D eigenvalue weighted by atomic mass is 19.1. The van der Waals surface area contributed by atoms with Crippen molar-refractivity contribution in [2.75, 3.05) is 6.61 Å². The van der Waals surface area contributed by atoms with E-state index in [-0.39, 0.29) is 12.3 Å². The van der Waals surface area contributed by atoms with Gasteiger partial charge in [-0.15, -0.1) is 0 Å². The van der Waals surface area contributed by atoms with Crippen LogP contribution in [0.5, 0.6) is 5.75 Å². The maximum atomic E-state index is 13.6. The van der Waals surface area contributed by atoms with Crippen molar-refractivity contribution in [3.63, 3.8) is 0 Å². The fourth-order valence-corrected chi connectivity index (χ4v) is 2.25. The van der Waals surface area contributed by atoms with Crippen LogP contribution in [0.4, 0.5) is 8.78 Å². The molecule has 0 bridgehead atoms. The average molecular weight is 241 g/mol.